The molecule has 5 rings (SSSR count). The lowest BCUT2D eigenvalue weighted by molar-refractivity contribution is -0.138. The van der Waals surface area contributed by atoms with Crippen molar-refractivity contribution in [2.45, 2.75) is 45.1 Å². The van der Waals surface area contributed by atoms with Gasteiger partial charge in [-0.05, 0) is 67.8 Å². The van der Waals surface area contributed by atoms with Crippen molar-refractivity contribution in [2.75, 3.05) is 28.3 Å². The van der Waals surface area contributed by atoms with Crippen LogP contribution in [0.2, 0.25) is 10.0 Å². The maximum atomic E-state index is 12.2. The Labute approximate surface area is 399 Å². The molecule has 5 aromatic rings. The number of nitrogens with zero attached hydrogens (tertiary/aromatic N) is 7. The Morgan fingerprint density at radius 2 is 1.10 bits per heavy atom. The minimum atomic E-state index is -4.28. The maximum Gasteiger partial charge on any atom is 0.335 e. The predicted octanol–water partition coefficient (Wildman–Crippen LogP) is 9.10. The summed E-state index contributed by atoms with van der Waals surface area (Å²) < 4.78 is 37.7. The lowest BCUT2D eigenvalue weighted by Gasteiger charge is -2.17. The van der Waals surface area contributed by atoms with E-state index in [2.05, 4.69) is 51.4 Å². The number of hydrogen-bond acceptors (Lipinski definition) is 19. The van der Waals surface area contributed by atoms with Crippen LogP contribution in [0.5, 0.6) is 11.5 Å². The van der Waals surface area contributed by atoms with Crippen LogP contribution in [-0.4, -0.2) is 107 Å². The third-order valence-corrected chi connectivity index (χ3v) is 10.5. The first-order valence-electron chi connectivity index (χ1n) is 19.9. The number of carboxylic acid groups (broad SMARTS) is 5. The first-order chi connectivity index (χ1) is 32.6. The molecule has 0 aliphatic carbocycles. The summed E-state index contributed by atoms with van der Waals surface area (Å²) in [5.41, 5.74) is -2.15. The molecule has 69 heavy (non-hydrogen) atoms. The number of aromatic carboxylic acids is 4. The van der Waals surface area contributed by atoms with Crippen molar-refractivity contribution in [3.05, 3.63) is 93.0 Å². The van der Waals surface area contributed by atoms with Crippen LogP contribution in [0, 0.1) is 0 Å². The number of aromatic hydroxyl groups is 1. The normalized spacial score (nSPS) is 11.9. The highest BCUT2D eigenvalue weighted by Gasteiger charge is 2.22. The van der Waals surface area contributed by atoms with Crippen molar-refractivity contribution in [1.29, 1.82) is 0 Å². The zero-order chi connectivity index (χ0) is 50.6. The number of rotatable bonds is 24. The minimum Gasteiger partial charge on any atom is -0.506 e. The number of carbonyl (C=O) groups is 5. The Morgan fingerprint density at radius 1 is 0.638 bits per heavy atom. The first kappa shape index (κ1) is 51.9. The first-order valence-corrected chi connectivity index (χ1v) is 22.3. The summed E-state index contributed by atoms with van der Waals surface area (Å²) in [5, 5.41) is 82.7. The lowest BCUT2D eigenvalue weighted by atomic mass is 10.1. The van der Waals surface area contributed by atoms with Crippen molar-refractivity contribution >= 4 is 115 Å². The van der Waals surface area contributed by atoms with Gasteiger partial charge < -0.3 is 51.3 Å². The van der Waals surface area contributed by atoms with E-state index < -0.39 is 57.5 Å². The van der Waals surface area contributed by atoms with Crippen LogP contribution < -0.4 is 20.7 Å². The summed E-state index contributed by atoms with van der Waals surface area (Å²) in [6, 6.07) is 9.76. The summed E-state index contributed by atoms with van der Waals surface area (Å²) in [4.78, 5) is 71.6. The Hall–Kier alpha value is -8.07. The molecule has 0 aliphatic rings. The van der Waals surface area contributed by atoms with E-state index in [0.29, 0.717) is 12.8 Å². The van der Waals surface area contributed by atoms with E-state index >= 15 is 0 Å². The van der Waals surface area contributed by atoms with E-state index in [0.717, 1.165) is 42.5 Å². The van der Waals surface area contributed by atoms with Gasteiger partial charge in [-0.15, -0.1) is 10.2 Å². The highest BCUT2D eigenvalue weighted by atomic mass is 35.5. The fourth-order valence-corrected chi connectivity index (χ4v) is 6.77. The van der Waals surface area contributed by atoms with Crippen LogP contribution in [0.1, 0.15) is 80.5 Å². The number of aromatic nitrogens is 3. The summed E-state index contributed by atoms with van der Waals surface area (Å²) in [5.74, 6) is -8.91. The van der Waals surface area contributed by atoms with E-state index in [1.54, 1.807) is 0 Å². The van der Waals surface area contributed by atoms with Gasteiger partial charge in [-0.25, -0.2) is 24.0 Å². The van der Waals surface area contributed by atoms with Crippen molar-refractivity contribution in [3.63, 3.8) is 0 Å². The van der Waals surface area contributed by atoms with Gasteiger partial charge in [-0.3, -0.25) is 4.55 Å². The van der Waals surface area contributed by atoms with Crippen LogP contribution in [0.25, 0.3) is 0 Å². The van der Waals surface area contributed by atoms with Crippen molar-refractivity contribution in [3.8, 4) is 11.5 Å². The number of ether oxygens (including phenoxy) is 1. The topological polar surface area (TPSA) is 395 Å². The largest absolute Gasteiger partial charge is 0.506 e. The fraction of sp³-hybridized carbons (Fsp3) is 0.220. The number of phenols is 1. The molecule has 0 radical (unpaired) electrons. The number of unbranched alkanes of at least 4 members (excludes halogenated alkanes) is 2. The Balaban J connectivity index is 1.53. The summed E-state index contributed by atoms with van der Waals surface area (Å²) in [6.07, 6.45) is 1.42. The second-order valence-corrected chi connectivity index (χ2v) is 16.7. The molecule has 1 atom stereocenters. The number of aliphatic carboxylic acids is 1. The molecule has 1 unspecified atom stereocenters. The number of phenolic OH excluding ortho intramolecular Hbond substituents is 1. The molecule has 4 aromatic carbocycles. The van der Waals surface area contributed by atoms with Gasteiger partial charge in [0.15, 0.2) is 0 Å². The smallest absolute Gasteiger partial charge is 0.335 e. The summed E-state index contributed by atoms with van der Waals surface area (Å²) in [6.45, 7) is 1.72. The molecule has 0 spiro atoms. The fourth-order valence-electron chi connectivity index (χ4n) is 5.80. The number of nitrogens with one attached hydrogen (secondary N) is 3. The molecule has 0 amide bonds. The van der Waals surface area contributed by atoms with E-state index in [1.807, 2.05) is 6.92 Å². The highest BCUT2D eigenvalue weighted by Crippen LogP contribution is 2.40. The molecule has 0 fully saturated rings. The van der Waals surface area contributed by atoms with Gasteiger partial charge in [0.1, 0.15) is 28.9 Å². The molecule has 1 aromatic heterocycles. The van der Waals surface area contributed by atoms with E-state index in [-0.39, 0.29) is 116 Å². The third kappa shape index (κ3) is 15.2. The molecule has 0 saturated carbocycles. The standard InChI is InChI=1S/C41H38Cl2N10O15S/c1-2-3-6-27(38(63)64)44-39-47-40(45-30-15-25(42)28(17-32(30)54)52-50-23-11-19(34(55)56)9-20(12-23)35(57)58)49-41(48-39)46-31-16-26(43)29(18-33(31)68-7-4-5-8-69(65,66)67)53-51-24-13-21(36(59)60)10-22(14-24)37(61)62/h9-18,27,54H,2-8H2,1H3,(H,55,56)(H,57,58)(H,59,60)(H,61,62)(H,63,64)(H,65,66,67)(H3,44,45,46,47,48,49). The number of carboxylic acids is 5. The average Bonchev–Trinajstić information content (AvgIpc) is 3.27. The molecular formula is C41H38Cl2N10O15S. The minimum absolute atomic E-state index is 0.0110. The monoisotopic (exact) mass is 1010 g/mol. The van der Waals surface area contributed by atoms with Crippen LogP contribution in [0.4, 0.5) is 52.0 Å². The molecule has 28 heteroatoms. The van der Waals surface area contributed by atoms with Crippen LogP contribution >= 0.6 is 23.2 Å². The molecule has 362 valence electrons. The zero-order valence-electron chi connectivity index (χ0n) is 35.5. The number of anilines is 5. The molecule has 0 saturated heterocycles. The van der Waals surface area contributed by atoms with Gasteiger partial charge in [0.2, 0.25) is 17.8 Å². The van der Waals surface area contributed by atoms with Crippen molar-refractivity contribution < 1.29 is 72.3 Å². The van der Waals surface area contributed by atoms with E-state index in [9.17, 15) is 63.0 Å². The van der Waals surface area contributed by atoms with E-state index in [4.69, 9.17) is 32.5 Å². The molecule has 0 bridgehead atoms. The van der Waals surface area contributed by atoms with Crippen LogP contribution in [0.3, 0.4) is 0 Å². The van der Waals surface area contributed by atoms with Gasteiger partial charge in [0, 0.05) is 12.1 Å². The third-order valence-electron chi connectivity index (χ3n) is 9.11. The van der Waals surface area contributed by atoms with E-state index in [1.165, 1.54) is 18.2 Å². The molecule has 10 N–H and O–H groups in total. The SMILES string of the molecule is CCCCC(Nc1nc(Nc2cc(Cl)c(N=Nc3cc(C(=O)O)cc(C(=O)O)c3)cc2O)nc(Nc2cc(Cl)c(N=Nc3cc(C(=O)O)cc(C(=O)O)c3)cc2OCCCCS(=O)(=O)O)n1)C(=O)O. The lowest BCUT2D eigenvalue weighted by Crippen LogP contribution is -2.30. The number of azo groups is 2. The van der Waals surface area contributed by atoms with Gasteiger partial charge in [-0.1, -0.05) is 43.0 Å². The predicted molar refractivity (Wildman–Crippen MR) is 246 cm³/mol. The van der Waals surface area contributed by atoms with Gasteiger partial charge in [0.05, 0.1) is 67.4 Å². The summed E-state index contributed by atoms with van der Waals surface area (Å²) in [7, 11) is -4.28. The van der Waals surface area contributed by atoms with Crippen LogP contribution in [-0.2, 0) is 14.9 Å². The Kier molecular flexibility index (Phi) is 17.4. The number of halogens is 2. The van der Waals surface area contributed by atoms with Crippen molar-refractivity contribution in [1.82, 2.24) is 15.0 Å². The van der Waals surface area contributed by atoms with Gasteiger partial charge >= 0.3 is 29.8 Å². The highest BCUT2D eigenvalue weighted by molar-refractivity contribution is 7.85. The molecule has 1 heterocycles. The van der Waals surface area contributed by atoms with Gasteiger partial charge in [0.25, 0.3) is 10.1 Å². The molecular weight excluding hydrogens is 975 g/mol. The quantitative estimate of drug-likeness (QED) is 0.0119. The second-order valence-electron chi connectivity index (χ2n) is 14.4. The summed E-state index contributed by atoms with van der Waals surface area (Å²) >= 11 is 13.1. The van der Waals surface area contributed by atoms with Crippen LogP contribution in [0.15, 0.2) is 81.1 Å². The zero-order valence-corrected chi connectivity index (χ0v) is 37.8. The number of hydrogen-bond donors (Lipinski definition) is 10. The molecule has 0 aliphatic heterocycles. The number of benzene rings is 4. The molecule has 25 nitrogen and oxygen atoms in total. The Bertz CT molecular complexity index is 2930. The van der Waals surface area contributed by atoms with Gasteiger partial charge in [-0.2, -0.15) is 33.6 Å². The maximum absolute atomic E-state index is 12.2. The Morgan fingerprint density at radius 3 is 1.57 bits per heavy atom. The average molecular weight is 1010 g/mol. The van der Waals surface area contributed by atoms with Crippen molar-refractivity contribution in [2.24, 2.45) is 20.5 Å². The second kappa shape index (κ2) is 23.1.